The topological polar surface area (TPSA) is 30.9 Å². The van der Waals surface area contributed by atoms with E-state index < -0.39 is 0 Å². The molecule has 16 heavy (non-hydrogen) atoms. The van der Waals surface area contributed by atoms with Gasteiger partial charge in [-0.25, -0.2) is 0 Å². The second-order valence-electron chi connectivity index (χ2n) is 4.14. The molecule has 1 heterocycles. The molecule has 1 aromatic carbocycles. The average Bonchev–Trinajstić information content (AvgIpc) is 2.56. The first-order valence-corrected chi connectivity index (χ1v) is 6.04. The van der Waals surface area contributed by atoms with Crippen molar-refractivity contribution in [2.75, 3.05) is 6.54 Å². The minimum atomic E-state index is 0.762. The molecule has 0 aliphatic carbocycles. The monoisotopic (exact) mass is 236 g/mol. The molecule has 0 bridgehead atoms. The second kappa shape index (κ2) is 4.89. The van der Waals surface area contributed by atoms with Gasteiger partial charge in [-0.1, -0.05) is 23.7 Å². The number of nitrogens with two attached hydrogens (primary N) is 1. The predicted molar refractivity (Wildman–Crippen MR) is 69.9 cm³/mol. The Morgan fingerprint density at radius 1 is 1.31 bits per heavy atom. The Bertz CT molecular complexity index is 488. The molecule has 0 fully saturated rings. The van der Waals surface area contributed by atoms with E-state index in [4.69, 9.17) is 17.3 Å². The van der Waals surface area contributed by atoms with Crippen LogP contribution in [0.15, 0.2) is 24.4 Å². The molecule has 1 aromatic heterocycles. The molecule has 0 aliphatic rings. The Morgan fingerprint density at radius 3 is 2.88 bits per heavy atom. The van der Waals surface area contributed by atoms with Crippen molar-refractivity contribution in [3.05, 3.63) is 35.0 Å². The summed E-state index contributed by atoms with van der Waals surface area (Å²) >= 11 is 6.25. The van der Waals surface area contributed by atoms with E-state index in [1.165, 1.54) is 16.5 Å². The number of rotatable bonds is 4. The molecule has 0 unspecified atom stereocenters. The molecule has 0 radical (unpaired) electrons. The van der Waals surface area contributed by atoms with Gasteiger partial charge in [0.25, 0.3) is 0 Å². The van der Waals surface area contributed by atoms with Gasteiger partial charge >= 0.3 is 0 Å². The summed E-state index contributed by atoms with van der Waals surface area (Å²) in [6.45, 7) is 0.762. The van der Waals surface area contributed by atoms with Crippen LogP contribution >= 0.6 is 11.6 Å². The zero-order valence-electron chi connectivity index (χ0n) is 9.54. The first-order chi connectivity index (χ1) is 7.74. The molecule has 0 aliphatic heterocycles. The summed E-state index contributed by atoms with van der Waals surface area (Å²) in [5.41, 5.74) is 8.04. The molecule has 86 valence electrons. The van der Waals surface area contributed by atoms with E-state index in [1.54, 1.807) is 0 Å². The SMILES string of the molecule is Cn1cc(Cl)c2c(CCCCN)cccc21. The molecular formula is C13H17ClN2. The van der Waals surface area contributed by atoms with Crippen molar-refractivity contribution in [2.24, 2.45) is 12.8 Å². The van der Waals surface area contributed by atoms with Crippen LogP contribution < -0.4 is 5.73 Å². The summed E-state index contributed by atoms with van der Waals surface area (Å²) in [7, 11) is 2.03. The highest BCUT2D eigenvalue weighted by atomic mass is 35.5. The lowest BCUT2D eigenvalue weighted by Crippen LogP contribution is -1.99. The van der Waals surface area contributed by atoms with Gasteiger partial charge < -0.3 is 10.3 Å². The fraction of sp³-hybridized carbons (Fsp3) is 0.385. The average molecular weight is 237 g/mol. The summed E-state index contributed by atoms with van der Waals surface area (Å²) in [6, 6.07) is 6.36. The fourth-order valence-electron chi connectivity index (χ4n) is 2.13. The van der Waals surface area contributed by atoms with E-state index >= 15 is 0 Å². The predicted octanol–water partition coefficient (Wildman–Crippen LogP) is 3.11. The molecule has 2 nitrogen and oxygen atoms in total. The third kappa shape index (κ3) is 2.08. The minimum Gasteiger partial charge on any atom is -0.349 e. The molecule has 3 heteroatoms. The van der Waals surface area contributed by atoms with Crippen LogP contribution in [0.5, 0.6) is 0 Å². The number of unbranched alkanes of at least 4 members (excludes halogenated alkanes) is 1. The zero-order chi connectivity index (χ0) is 11.5. The summed E-state index contributed by atoms with van der Waals surface area (Å²) in [5.74, 6) is 0. The van der Waals surface area contributed by atoms with Crippen LogP contribution in [-0.4, -0.2) is 11.1 Å². The van der Waals surface area contributed by atoms with Crippen LogP contribution in [0.25, 0.3) is 10.9 Å². The van der Waals surface area contributed by atoms with Crippen LogP contribution in [0.4, 0.5) is 0 Å². The summed E-state index contributed by atoms with van der Waals surface area (Å²) in [4.78, 5) is 0. The second-order valence-corrected chi connectivity index (χ2v) is 4.55. The van der Waals surface area contributed by atoms with E-state index in [1.807, 2.05) is 13.2 Å². The lowest BCUT2D eigenvalue weighted by Gasteiger charge is -2.04. The lowest BCUT2D eigenvalue weighted by atomic mass is 10.0. The maximum atomic E-state index is 6.25. The van der Waals surface area contributed by atoms with Gasteiger partial charge in [0, 0.05) is 24.1 Å². The van der Waals surface area contributed by atoms with Crippen molar-refractivity contribution in [3.8, 4) is 0 Å². The third-order valence-corrected chi connectivity index (χ3v) is 3.24. The van der Waals surface area contributed by atoms with E-state index in [-0.39, 0.29) is 0 Å². The van der Waals surface area contributed by atoms with Crippen LogP contribution in [0.3, 0.4) is 0 Å². The molecule has 0 saturated carbocycles. The molecule has 0 atom stereocenters. The first kappa shape index (κ1) is 11.5. The Balaban J connectivity index is 2.37. The van der Waals surface area contributed by atoms with Crippen LogP contribution in [0.1, 0.15) is 18.4 Å². The Labute approximate surface area is 101 Å². The van der Waals surface area contributed by atoms with Gasteiger partial charge in [-0.2, -0.15) is 0 Å². The van der Waals surface area contributed by atoms with Crippen molar-refractivity contribution in [1.82, 2.24) is 4.57 Å². The molecule has 2 aromatic rings. The highest BCUT2D eigenvalue weighted by Gasteiger charge is 2.08. The fourth-order valence-corrected chi connectivity index (χ4v) is 2.49. The number of hydrogen-bond donors (Lipinski definition) is 1. The highest BCUT2D eigenvalue weighted by Crippen LogP contribution is 2.29. The summed E-state index contributed by atoms with van der Waals surface area (Å²) < 4.78 is 2.07. The molecule has 2 rings (SSSR count). The first-order valence-electron chi connectivity index (χ1n) is 5.66. The van der Waals surface area contributed by atoms with Crippen molar-refractivity contribution >= 4 is 22.5 Å². The number of benzene rings is 1. The standard InChI is InChI=1S/C13H17ClN2/c1-16-9-11(14)13-10(5-2-3-8-15)6-4-7-12(13)16/h4,6-7,9H,2-3,5,8,15H2,1H3. The van der Waals surface area contributed by atoms with E-state index in [9.17, 15) is 0 Å². The van der Waals surface area contributed by atoms with Gasteiger partial charge in [0.15, 0.2) is 0 Å². The smallest absolute Gasteiger partial charge is 0.0664 e. The van der Waals surface area contributed by atoms with Gasteiger partial charge in [-0.15, -0.1) is 0 Å². The van der Waals surface area contributed by atoms with Crippen molar-refractivity contribution in [1.29, 1.82) is 0 Å². The van der Waals surface area contributed by atoms with E-state index in [0.29, 0.717) is 0 Å². The Hall–Kier alpha value is -0.990. The van der Waals surface area contributed by atoms with Gasteiger partial charge in [-0.3, -0.25) is 0 Å². The van der Waals surface area contributed by atoms with Gasteiger partial charge in [0.1, 0.15) is 0 Å². The van der Waals surface area contributed by atoms with E-state index in [0.717, 1.165) is 30.8 Å². The maximum Gasteiger partial charge on any atom is 0.0664 e. The quantitative estimate of drug-likeness (QED) is 0.813. The van der Waals surface area contributed by atoms with Crippen molar-refractivity contribution in [2.45, 2.75) is 19.3 Å². The molecule has 2 N–H and O–H groups in total. The van der Waals surface area contributed by atoms with Crippen molar-refractivity contribution < 1.29 is 0 Å². The number of hydrogen-bond acceptors (Lipinski definition) is 1. The summed E-state index contributed by atoms with van der Waals surface area (Å²) in [6.07, 6.45) is 5.22. The van der Waals surface area contributed by atoms with E-state index in [2.05, 4.69) is 22.8 Å². The molecule has 0 amide bonds. The number of fused-ring (bicyclic) bond motifs is 1. The van der Waals surface area contributed by atoms with Gasteiger partial charge in [0.05, 0.1) is 5.02 Å². The van der Waals surface area contributed by atoms with Gasteiger partial charge in [0.2, 0.25) is 0 Å². The molecule has 0 spiro atoms. The number of aryl methyl sites for hydroxylation is 2. The lowest BCUT2D eigenvalue weighted by molar-refractivity contribution is 0.747. The Morgan fingerprint density at radius 2 is 2.12 bits per heavy atom. The van der Waals surface area contributed by atoms with Gasteiger partial charge in [-0.05, 0) is 37.4 Å². The minimum absolute atomic E-state index is 0.762. The number of halogens is 1. The van der Waals surface area contributed by atoms with Crippen LogP contribution in [0.2, 0.25) is 5.02 Å². The number of nitrogens with zero attached hydrogens (tertiary/aromatic N) is 1. The molecule has 0 saturated heterocycles. The largest absolute Gasteiger partial charge is 0.349 e. The summed E-state index contributed by atoms with van der Waals surface area (Å²) in [5, 5.41) is 2.05. The Kier molecular flexibility index (Phi) is 3.52. The molecular weight excluding hydrogens is 220 g/mol. The maximum absolute atomic E-state index is 6.25. The highest BCUT2D eigenvalue weighted by molar-refractivity contribution is 6.35. The van der Waals surface area contributed by atoms with Crippen LogP contribution in [0, 0.1) is 0 Å². The van der Waals surface area contributed by atoms with Crippen LogP contribution in [-0.2, 0) is 13.5 Å². The zero-order valence-corrected chi connectivity index (χ0v) is 10.3. The van der Waals surface area contributed by atoms with Crippen molar-refractivity contribution in [3.63, 3.8) is 0 Å². The third-order valence-electron chi connectivity index (χ3n) is 2.95. The normalized spacial score (nSPS) is 11.2. The number of aromatic nitrogens is 1.